The molecule has 0 aliphatic rings. The van der Waals surface area contributed by atoms with E-state index in [1.807, 2.05) is 13.0 Å². The van der Waals surface area contributed by atoms with E-state index in [-0.39, 0.29) is 28.4 Å². The van der Waals surface area contributed by atoms with Crippen LogP contribution in [0.2, 0.25) is 0 Å². The van der Waals surface area contributed by atoms with Crippen LogP contribution in [0.25, 0.3) is 6.08 Å². The van der Waals surface area contributed by atoms with Gasteiger partial charge in [0.05, 0.1) is 19.3 Å². The second kappa shape index (κ2) is 11.9. The average Bonchev–Trinajstić information content (AvgIpc) is 2.88. The fourth-order valence-electron chi connectivity index (χ4n) is 3.11. The summed E-state index contributed by atoms with van der Waals surface area (Å²) in [6.45, 7) is 3.75. The van der Waals surface area contributed by atoms with Gasteiger partial charge in [0, 0.05) is 17.3 Å². The first kappa shape index (κ1) is 27.0. The minimum Gasteiger partial charge on any atom is -0.497 e. The van der Waals surface area contributed by atoms with Crippen molar-refractivity contribution in [2.45, 2.75) is 18.7 Å². The van der Waals surface area contributed by atoms with Crippen LogP contribution < -0.4 is 14.2 Å². The molecule has 1 N–H and O–H groups in total. The molecule has 0 fully saturated rings. The number of carbonyl (C=O) groups is 2. The highest BCUT2D eigenvalue weighted by molar-refractivity contribution is 7.87. The molecule has 0 atom stereocenters. The number of carbonyl (C=O) groups excluding carboxylic acids is 2. The van der Waals surface area contributed by atoms with Crippen molar-refractivity contribution < 1.29 is 31.7 Å². The molecule has 0 saturated carbocycles. The van der Waals surface area contributed by atoms with Crippen molar-refractivity contribution in [3.05, 3.63) is 89.0 Å². The molecular weight excluding hydrogens is 496 g/mol. The van der Waals surface area contributed by atoms with Crippen LogP contribution in [0.5, 0.6) is 11.5 Å². The smallest absolute Gasteiger partial charge is 0.339 e. The van der Waals surface area contributed by atoms with Gasteiger partial charge in [-0.15, -0.1) is 0 Å². The molecule has 0 aliphatic carbocycles. The van der Waals surface area contributed by atoms with Crippen molar-refractivity contribution in [3.8, 4) is 17.6 Å². The Balaban J connectivity index is 1.88. The van der Waals surface area contributed by atoms with Gasteiger partial charge >= 0.3 is 16.1 Å². The maximum Gasteiger partial charge on any atom is 0.339 e. The topological polar surface area (TPSA) is 132 Å². The lowest BCUT2D eigenvalue weighted by molar-refractivity contribution is -0.112. The number of methoxy groups -OCH3 is 1. The fourth-order valence-corrected chi connectivity index (χ4v) is 4.06. The van der Waals surface area contributed by atoms with Crippen LogP contribution in [-0.4, -0.2) is 34.0 Å². The molecule has 0 bridgehead atoms. The first-order valence-corrected chi connectivity index (χ1v) is 12.5. The van der Waals surface area contributed by atoms with Crippen molar-refractivity contribution in [2.24, 2.45) is 0 Å². The van der Waals surface area contributed by atoms with Crippen LogP contribution in [0.3, 0.4) is 0 Å². The second-order valence-corrected chi connectivity index (χ2v) is 9.22. The molecule has 0 unspecified atom stereocenters. The van der Waals surface area contributed by atoms with E-state index in [9.17, 15) is 23.3 Å². The van der Waals surface area contributed by atoms with Crippen LogP contribution in [0.15, 0.2) is 77.2 Å². The Morgan fingerprint density at radius 3 is 2.30 bits per heavy atom. The minimum atomic E-state index is -4.21. The second-order valence-electron chi connectivity index (χ2n) is 7.68. The molecule has 3 aromatic rings. The summed E-state index contributed by atoms with van der Waals surface area (Å²) in [6.07, 6.45) is 1.21. The van der Waals surface area contributed by atoms with Crippen LogP contribution >= 0.6 is 0 Å². The minimum absolute atomic E-state index is 0.0552. The fraction of sp³-hybridized carbons (Fsp3) is 0.148. The van der Waals surface area contributed by atoms with Gasteiger partial charge in [0.25, 0.3) is 5.91 Å². The van der Waals surface area contributed by atoms with Crippen molar-refractivity contribution in [1.29, 1.82) is 5.26 Å². The summed E-state index contributed by atoms with van der Waals surface area (Å²) in [5.74, 6) is -1.05. The lowest BCUT2D eigenvalue weighted by Crippen LogP contribution is -2.14. The molecule has 190 valence electrons. The molecular formula is C27H24N2O7S. The molecule has 0 spiro atoms. The highest BCUT2D eigenvalue weighted by Gasteiger charge is 2.20. The van der Waals surface area contributed by atoms with Gasteiger partial charge in [-0.3, -0.25) is 4.79 Å². The summed E-state index contributed by atoms with van der Waals surface area (Å²) >= 11 is 0. The zero-order valence-corrected chi connectivity index (χ0v) is 21.2. The number of nitrogens with one attached hydrogen (secondary N) is 1. The zero-order valence-electron chi connectivity index (χ0n) is 20.3. The van der Waals surface area contributed by atoms with E-state index in [0.29, 0.717) is 17.0 Å². The zero-order chi connectivity index (χ0) is 27.0. The highest BCUT2D eigenvalue weighted by Crippen LogP contribution is 2.30. The molecule has 0 heterocycles. The van der Waals surface area contributed by atoms with Gasteiger partial charge in [-0.2, -0.15) is 13.7 Å². The first-order chi connectivity index (χ1) is 17.7. The van der Waals surface area contributed by atoms with Crippen molar-refractivity contribution >= 4 is 33.8 Å². The lowest BCUT2D eigenvalue weighted by atomic mass is 10.1. The molecule has 0 aromatic heterocycles. The number of hydrogen-bond acceptors (Lipinski definition) is 8. The van der Waals surface area contributed by atoms with Gasteiger partial charge in [-0.1, -0.05) is 17.7 Å². The van der Waals surface area contributed by atoms with Gasteiger partial charge in [0.15, 0.2) is 5.75 Å². The van der Waals surface area contributed by atoms with Crippen LogP contribution in [-0.2, 0) is 19.6 Å². The van der Waals surface area contributed by atoms with E-state index in [1.54, 1.807) is 19.1 Å². The molecule has 0 aliphatic heterocycles. The molecule has 10 heteroatoms. The van der Waals surface area contributed by atoms with Crippen molar-refractivity contribution in [1.82, 2.24) is 0 Å². The van der Waals surface area contributed by atoms with Gasteiger partial charge < -0.3 is 19.0 Å². The molecule has 3 rings (SSSR count). The van der Waals surface area contributed by atoms with Gasteiger partial charge in [-0.05, 0) is 68.5 Å². The predicted octanol–water partition coefficient (Wildman–Crippen LogP) is 4.49. The number of amides is 1. The Morgan fingerprint density at radius 2 is 1.70 bits per heavy atom. The number of rotatable bonds is 9. The Morgan fingerprint density at radius 1 is 1.03 bits per heavy atom. The Hall–Kier alpha value is -4.62. The predicted molar refractivity (Wildman–Crippen MR) is 137 cm³/mol. The number of hydrogen-bond donors (Lipinski definition) is 1. The number of aryl methyl sites for hydroxylation is 1. The van der Waals surface area contributed by atoms with Gasteiger partial charge in [0.1, 0.15) is 22.3 Å². The molecule has 3 aromatic carbocycles. The summed E-state index contributed by atoms with van der Waals surface area (Å²) < 4.78 is 41.2. The maximum absolute atomic E-state index is 12.9. The standard InChI is InChI=1S/C27H24N2O7S/c1-4-35-27(31)19-7-10-22(11-8-19)29-26(30)21(17-28)15-20-9-12-23(34-3)16-25(20)36-37(32,33)24-13-5-18(2)6-14-24/h5-16H,4H2,1-3H3,(H,29,30)/b21-15+. The summed E-state index contributed by atoms with van der Waals surface area (Å²) in [5.41, 5.74) is 1.39. The first-order valence-electron chi connectivity index (χ1n) is 11.1. The summed E-state index contributed by atoms with van der Waals surface area (Å²) in [7, 11) is -2.80. The van der Waals surface area contributed by atoms with Gasteiger partial charge in [0.2, 0.25) is 0 Å². The summed E-state index contributed by atoms with van der Waals surface area (Å²) in [6, 6.07) is 18.2. The average molecular weight is 521 g/mol. The Bertz CT molecular complexity index is 1470. The van der Waals surface area contributed by atoms with E-state index in [0.717, 1.165) is 5.56 Å². The molecule has 0 saturated heterocycles. The van der Waals surface area contributed by atoms with E-state index < -0.39 is 22.0 Å². The van der Waals surface area contributed by atoms with E-state index in [1.165, 1.54) is 67.8 Å². The number of ether oxygens (including phenoxy) is 2. The van der Waals surface area contributed by atoms with E-state index in [2.05, 4.69) is 5.32 Å². The normalized spacial score (nSPS) is 11.2. The molecule has 1 amide bonds. The number of nitrogens with zero attached hydrogens (tertiary/aromatic N) is 1. The third-order valence-corrected chi connectivity index (χ3v) is 6.30. The SMILES string of the molecule is CCOC(=O)c1ccc(NC(=O)/C(C#N)=C/c2ccc(OC)cc2OS(=O)(=O)c2ccc(C)cc2)cc1. The van der Waals surface area contributed by atoms with Crippen molar-refractivity contribution in [2.75, 3.05) is 19.0 Å². The highest BCUT2D eigenvalue weighted by atomic mass is 32.2. The molecule has 9 nitrogen and oxygen atoms in total. The number of benzene rings is 3. The van der Waals surface area contributed by atoms with E-state index >= 15 is 0 Å². The number of nitriles is 1. The third-order valence-electron chi connectivity index (χ3n) is 5.05. The summed E-state index contributed by atoms with van der Waals surface area (Å²) in [5, 5.41) is 12.2. The quantitative estimate of drug-likeness (QED) is 0.189. The Labute approximate surface area is 215 Å². The third kappa shape index (κ3) is 6.96. The van der Waals surface area contributed by atoms with Crippen LogP contribution in [0.4, 0.5) is 5.69 Å². The monoisotopic (exact) mass is 520 g/mol. The van der Waals surface area contributed by atoms with Crippen LogP contribution in [0, 0.1) is 18.3 Å². The lowest BCUT2D eigenvalue weighted by Gasteiger charge is -2.12. The largest absolute Gasteiger partial charge is 0.497 e. The number of anilines is 1. The van der Waals surface area contributed by atoms with Crippen molar-refractivity contribution in [3.63, 3.8) is 0 Å². The van der Waals surface area contributed by atoms with E-state index in [4.69, 9.17) is 13.7 Å². The summed E-state index contributed by atoms with van der Waals surface area (Å²) in [4.78, 5) is 24.5. The van der Waals surface area contributed by atoms with Crippen LogP contribution in [0.1, 0.15) is 28.4 Å². The molecule has 37 heavy (non-hydrogen) atoms. The Kier molecular flexibility index (Phi) is 8.66. The van der Waals surface area contributed by atoms with Gasteiger partial charge in [-0.25, -0.2) is 4.79 Å². The maximum atomic E-state index is 12.9. The molecule has 0 radical (unpaired) electrons. The number of esters is 1.